The fraction of sp³-hybridized carbons (Fsp3) is 0.444. The van der Waals surface area contributed by atoms with E-state index in [1.807, 2.05) is 0 Å². The van der Waals surface area contributed by atoms with Crippen LogP contribution in [0.5, 0.6) is 0 Å². The normalized spacial score (nSPS) is 25.4. The minimum atomic E-state index is -0.779. The maximum atomic E-state index is 11.7. The van der Waals surface area contributed by atoms with Crippen LogP contribution in [0, 0.1) is 0 Å². The van der Waals surface area contributed by atoms with E-state index in [9.17, 15) is 9.00 Å². The first-order valence-electron chi connectivity index (χ1n) is 4.55. The fourth-order valence-electron chi connectivity index (χ4n) is 1.49. The van der Waals surface area contributed by atoms with E-state index in [2.05, 4.69) is 21.2 Å². The number of rotatable bonds is 2. The molecule has 0 radical (unpaired) electrons. The van der Waals surface area contributed by atoms with Crippen molar-refractivity contribution in [2.45, 2.75) is 12.5 Å². The zero-order chi connectivity index (χ0) is 10.8. The third-order valence-corrected chi connectivity index (χ3v) is 4.33. The molecule has 4 nitrogen and oxygen atoms in total. The van der Waals surface area contributed by atoms with Crippen molar-refractivity contribution in [3.63, 3.8) is 0 Å². The fourth-order valence-corrected chi connectivity index (χ4v) is 3.28. The predicted molar refractivity (Wildman–Crippen MR) is 60.2 cm³/mol. The van der Waals surface area contributed by atoms with Crippen molar-refractivity contribution in [3.8, 4) is 0 Å². The van der Waals surface area contributed by atoms with Crippen LogP contribution in [0.4, 0.5) is 0 Å². The number of hydrogen-bond donors (Lipinski definition) is 1. The molecule has 1 amide bonds. The Bertz CT molecular complexity index is 404. The molecule has 2 unspecified atom stereocenters. The molecule has 0 aromatic carbocycles. The molecule has 1 saturated heterocycles. The SMILES string of the molecule is O=C(NC1CCS(=O)C1)c1occc1Br. The van der Waals surface area contributed by atoms with Crippen LogP contribution in [-0.2, 0) is 10.8 Å². The van der Waals surface area contributed by atoms with Gasteiger partial charge in [-0.15, -0.1) is 0 Å². The Morgan fingerprint density at radius 3 is 3.00 bits per heavy atom. The second kappa shape index (κ2) is 4.49. The first-order valence-corrected chi connectivity index (χ1v) is 6.84. The molecule has 0 bridgehead atoms. The van der Waals surface area contributed by atoms with Crippen molar-refractivity contribution >= 4 is 32.6 Å². The summed E-state index contributed by atoms with van der Waals surface area (Å²) >= 11 is 3.21. The van der Waals surface area contributed by atoms with Gasteiger partial charge in [0.05, 0.1) is 10.7 Å². The molecule has 1 aliphatic heterocycles. The number of amides is 1. The molecular weight excluding hydrogens is 282 g/mol. The largest absolute Gasteiger partial charge is 0.458 e. The molecule has 2 atom stereocenters. The summed E-state index contributed by atoms with van der Waals surface area (Å²) in [5, 5.41) is 2.80. The predicted octanol–water partition coefficient (Wildman–Crippen LogP) is 1.29. The number of hydrogen-bond acceptors (Lipinski definition) is 3. The van der Waals surface area contributed by atoms with Gasteiger partial charge in [0.2, 0.25) is 5.76 Å². The van der Waals surface area contributed by atoms with Crippen molar-refractivity contribution in [3.05, 3.63) is 22.6 Å². The third kappa shape index (κ3) is 2.49. The highest BCUT2D eigenvalue weighted by molar-refractivity contribution is 9.10. The molecule has 6 heteroatoms. The van der Waals surface area contributed by atoms with Crippen LogP contribution in [0.15, 0.2) is 21.2 Å². The minimum absolute atomic E-state index is 0.00957. The second-order valence-electron chi connectivity index (χ2n) is 3.37. The van der Waals surface area contributed by atoms with Crippen LogP contribution in [0.25, 0.3) is 0 Å². The van der Waals surface area contributed by atoms with Crippen LogP contribution >= 0.6 is 15.9 Å². The molecule has 1 aromatic rings. The summed E-state index contributed by atoms with van der Waals surface area (Å²) < 4.78 is 16.8. The highest BCUT2D eigenvalue weighted by Crippen LogP contribution is 2.18. The van der Waals surface area contributed by atoms with E-state index in [4.69, 9.17) is 4.42 Å². The Morgan fingerprint density at radius 1 is 1.67 bits per heavy atom. The number of halogens is 1. The van der Waals surface area contributed by atoms with Gasteiger partial charge in [-0.1, -0.05) is 0 Å². The summed E-state index contributed by atoms with van der Waals surface area (Å²) in [6, 6.07) is 1.68. The van der Waals surface area contributed by atoms with Crippen molar-refractivity contribution in [1.29, 1.82) is 0 Å². The lowest BCUT2D eigenvalue weighted by atomic mass is 10.2. The molecule has 1 N–H and O–H groups in total. The molecule has 1 aliphatic rings. The van der Waals surface area contributed by atoms with Gasteiger partial charge in [0.15, 0.2) is 0 Å². The summed E-state index contributed by atoms with van der Waals surface area (Å²) in [5.74, 6) is 1.23. The number of nitrogens with one attached hydrogen (secondary N) is 1. The van der Waals surface area contributed by atoms with Gasteiger partial charge in [-0.2, -0.15) is 0 Å². The lowest BCUT2D eigenvalue weighted by Gasteiger charge is -2.09. The molecule has 1 fully saturated rings. The van der Waals surface area contributed by atoms with Gasteiger partial charge in [0.1, 0.15) is 0 Å². The maximum Gasteiger partial charge on any atom is 0.288 e. The average molecular weight is 292 g/mol. The lowest BCUT2D eigenvalue weighted by molar-refractivity contribution is 0.0912. The van der Waals surface area contributed by atoms with Crippen molar-refractivity contribution in [2.24, 2.45) is 0 Å². The summed E-state index contributed by atoms with van der Waals surface area (Å²) in [4.78, 5) is 11.7. The van der Waals surface area contributed by atoms with Gasteiger partial charge in [0, 0.05) is 28.3 Å². The Kier molecular flexibility index (Phi) is 3.25. The molecular formula is C9H10BrNO3S. The molecule has 82 valence electrons. The van der Waals surface area contributed by atoms with Gasteiger partial charge < -0.3 is 9.73 Å². The van der Waals surface area contributed by atoms with E-state index in [-0.39, 0.29) is 17.7 Å². The van der Waals surface area contributed by atoms with Crippen molar-refractivity contribution < 1.29 is 13.4 Å². The smallest absolute Gasteiger partial charge is 0.288 e. The number of carbonyl (C=O) groups is 1. The first kappa shape index (κ1) is 10.9. The van der Waals surface area contributed by atoms with Gasteiger partial charge in [0.25, 0.3) is 5.91 Å². The molecule has 0 aliphatic carbocycles. The lowest BCUT2D eigenvalue weighted by Crippen LogP contribution is -2.35. The van der Waals surface area contributed by atoms with Crippen LogP contribution < -0.4 is 5.32 Å². The van der Waals surface area contributed by atoms with E-state index >= 15 is 0 Å². The van der Waals surface area contributed by atoms with Crippen molar-refractivity contribution in [1.82, 2.24) is 5.32 Å². The van der Waals surface area contributed by atoms with Gasteiger partial charge in [-0.25, -0.2) is 0 Å². The molecule has 0 spiro atoms. The summed E-state index contributed by atoms with van der Waals surface area (Å²) in [5.41, 5.74) is 0. The maximum absolute atomic E-state index is 11.7. The van der Waals surface area contributed by atoms with E-state index in [1.54, 1.807) is 6.07 Å². The van der Waals surface area contributed by atoms with Crippen LogP contribution in [0.1, 0.15) is 17.0 Å². The van der Waals surface area contributed by atoms with Crippen LogP contribution in [0.2, 0.25) is 0 Å². The van der Waals surface area contributed by atoms with E-state index in [0.29, 0.717) is 16.0 Å². The summed E-state index contributed by atoms with van der Waals surface area (Å²) in [7, 11) is -0.779. The zero-order valence-electron chi connectivity index (χ0n) is 7.86. The Morgan fingerprint density at radius 2 is 2.47 bits per heavy atom. The van der Waals surface area contributed by atoms with E-state index in [1.165, 1.54) is 6.26 Å². The van der Waals surface area contributed by atoms with Gasteiger partial charge >= 0.3 is 0 Å². The average Bonchev–Trinajstić information content (AvgIpc) is 2.75. The second-order valence-corrected chi connectivity index (χ2v) is 5.84. The molecule has 15 heavy (non-hydrogen) atoms. The van der Waals surface area contributed by atoms with Gasteiger partial charge in [-0.05, 0) is 28.4 Å². The third-order valence-electron chi connectivity index (χ3n) is 2.24. The van der Waals surface area contributed by atoms with Crippen molar-refractivity contribution in [2.75, 3.05) is 11.5 Å². The molecule has 1 aromatic heterocycles. The quantitative estimate of drug-likeness (QED) is 0.893. The van der Waals surface area contributed by atoms with Crippen LogP contribution in [-0.4, -0.2) is 27.7 Å². The molecule has 2 rings (SSSR count). The van der Waals surface area contributed by atoms with Crippen LogP contribution in [0.3, 0.4) is 0 Å². The summed E-state index contributed by atoms with van der Waals surface area (Å²) in [6.45, 7) is 0. The van der Waals surface area contributed by atoms with E-state index in [0.717, 1.165) is 6.42 Å². The monoisotopic (exact) mass is 291 g/mol. The first-order chi connectivity index (χ1) is 7.16. The zero-order valence-corrected chi connectivity index (χ0v) is 10.3. The minimum Gasteiger partial charge on any atom is -0.458 e. The summed E-state index contributed by atoms with van der Waals surface area (Å²) in [6.07, 6.45) is 2.22. The molecule has 2 heterocycles. The Hall–Kier alpha value is -0.620. The molecule has 0 saturated carbocycles. The van der Waals surface area contributed by atoms with E-state index < -0.39 is 10.8 Å². The number of carbonyl (C=O) groups excluding carboxylic acids is 1. The Balaban J connectivity index is 1.98. The highest BCUT2D eigenvalue weighted by Gasteiger charge is 2.24. The highest BCUT2D eigenvalue weighted by atomic mass is 79.9. The topological polar surface area (TPSA) is 59.3 Å². The number of furan rings is 1. The Labute approximate surface area is 98.0 Å². The standard InChI is InChI=1S/C9H10BrNO3S/c10-7-1-3-14-8(7)9(12)11-6-2-4-15(13)5-6/h1,3,6H,2,4-5H2,(H,11,12). The van der Waals surface area contributed by atoms with Gasteiger partial charge in [-0.3, -0.25) is 9.00 Å².